The maximum Gasteiger partial charge on any atom is 0.244 e. The van der Waals surface area contributed by atoms with Crippen LogP contribution in [0.3, 0.4) is 0 Å². The summed E-state index contributed by atoms with van der Waals surface area (Å²) in [6.45, 7) is 0.409. The molecule has 0 saturated carbocycles. The van der Waals surface area contributed by atoms with Crippen LogP contribution in [0.4, 0.5) is 0 Å². The molecule has 8 heteroatoms. The second-order valence-corrected chi connectivity index (χ2v) is 5.31. The zero-order valence-electron chi connectivity index (χ0n) is 12.5. The smallest absolute Gasteiger partial charge is 0.244 e. The second kappa shape index (κ2) is 7.47. The largest absolute Gasteiger partial charge is 0.348 e. The van der Waals surface area contributed by atoms with Gasteiger partial charge in [0.05, 0.1) is 5.69 Å². The van der Waals surface area contributed by atoms with Gasteiger partial charge in [0, 0.05) is 35.6 Å². The topological polar surface area (TPSA) is 85.6 Å². The number of pyridine rings is 1. The Hall–Kier alpha value is -3.06. The Morgan fingerprint density at radius 3 is 3.00 bits per heavy atom. The fourth-order valence-electron chi connectivity index (χ4n) is 2.06. The number of rotatable bonds is 5. The molecule has 2 heterocycles. The summed E-state index contributed by atoms with van der Waals surface area (Å²) in [6.07, 6.45) is 7.97. The van der Waals surface area contributed by atoms with E-state index >= 15 is 0 Å². The van der Waals surface area contributed by atoms with Crippen molar-refractivity contribution in [2.45, 2.75) is 6.54 Å². The molecule has 0 aliphatic rings. The third-order valence-corrected chi connectivity index (χ3v) is 3.42. The number of benzene rings is 1. The molecular weight excluding hydrogens is 328 g/mol. The first kappa shape index (κ1) is 15.8. The van der Waals surface area contributed by atoms with Crippen molar-refractivity contribution in [2.75, 3.05) is 0 Å². The normalized spacial score (nSPS) is 10.9. The molecule has 3 rings (SSSR count). The van der Waals surface area contributed by atoms with Crippen molar-refractivity contribution >= 4 is 23.6 Å². The molecule has 2 aromatic heterocycles. The molecule has 120 valence electrons. The quantitative estimate of drug-likeness (QED) is 0.718. The number of carbonyl (C=O) groups is 1. The highest BCUT2D eigenvalue weighted by atomic mass is 35.5. The van der Waals surface area contributed by atoms with E-state index in [0.29, 0.717) is 11.6 Å². The Morgan fingerprint density at radius 1 is 1.33 bits per heavy atom. The second-order valence-electron chi connectivity index (χ2n) is 4.87. The average Bonchev–Trinajstić information content (AvgIpc) is 3.13. The first-order chi connectivity index (χ1) is 11.7. The van der Waals surface area contributed by atoms with E-state index in [4.69, 9.17) is 11.6 Å². The van der Waals surface area contributed by atoms with Crippen molar-refractivity contribution in [1.29, 1.82) is 0 Å². The highest BCUT2D eigenvalue weighted by molar-refractivity contribution is 6.30. The molecule has 0 atom stereocenters. The van der Waals surface area contributed by atoms with Crippen LogP contribution in [0, 0.1) is 0 Å². The van der Waals surface area contributed by atoms with Gasteiger partial charge in [0.2, 0.25) is 5.91 Å². The molecule has 1 amide bonds. The number of amides is 1. The summed E-state index contributed by atoms with van der Waals surface area (Å²) in [7, 11) is 0. The highest BCUT2D eigenvalue weighted by Gasteiger charge is 2.05. The van der Waals surface area contributed by atoms with Gasteiger partial charge < -0.3 is 5.32 Å². The van der Waals surface area contributed by atoms with Crippen molar-refractivity contribution in [3.05, 3.63) is 71.3 Å². The maximum absolute atomic E-state index is 12.0. The number of carbonyl (C=O) groups excluding carboxylic acids is 1. The lowest BCUT2D eigenvalue weighted by Crippen LogP contribution is -2.20. The molecule has 0 aliphatic heterocycles. The molecule has 0 bridgehead atoms. The summed E-state index contributed by atoms with van der Waals surface area (Å²) in [5.41, 5.74) is 2.38. The van der Waals surface area contributed by atoms with Crippen LogP contribution in [0.5, 0.6) is 0 Å². The molecule has 3 aromatic rings. The fraction of sp³-hybridized carbons (Fsp3) is 0.0625. The van der Waals surface area contributed by atoms with E-state index in [1.165, 1.54) is 17.1 Å². The molecule has 0 fully saturated rings. The fourth-order valence-corrected chi connectivity index (χ4v) is 2.24. The van der Waals surface area contributed by atoms with E-state index in [9.17, 15) is 4.79 Å². The summed E-state index contributed by atoms with van der Waals surface area (Å²) in [6, 6.07) is 8.97. The lowest BCUT2D eigenvalue weighted by molar-refractivity contribution is -0.116. The van der Waals surface area contributed by atoms with Crippen molar-refractivity contribution in [3.63, 3.8) is 0 Å². The minimum atomic E-state index is -0.221. The number of halogens is 1. The first-order valence-electron chi connectivity index (χ1n) is 7.10. The Kier molecular flexibility index (Phi) is 4.93. The van der Waals surface area contributed by atoms with Gasteiger partial charge in [-0.2, -0.15) is 4.68 Å². The van der Waals surface area contributed by atoms with Crippen LogP contribution in [0.1, 0.15) is 11.1 Å². The van der Waals surface area contributed by atoms with Gasteiger partial charge in [-0.05, 0) is 46.3 Å². The van der Waals surface area contributed by atoms with Gasteiger partial charge in [0.25, 0.3) is 0 Å². The molecule has 0 saturated heterocycles. The predicted molar refractivity (Wildman–Crippen MR) is 89.3 cm³/mol. The molecule has 0 unspecified atom stereocenters. The van der Waals surface area contributed by atoms with Crippen LogP contribution in [-0.2, 0) is 11.3 Å². The van der Waals surface area contributed by atoms with Crippen molar-refractivity contribution < 1.29 is 4.79 Å². The Morgan fingerprint density at radius 2 is 2.25 bits per heavy atom. The Labute approximate surface area is 143 Å². The van der Waals surface area contributed by atoms with Gasteiger partial charge in [0.15, 0.2) is 0 Å². The third kappa shape index (κ3) is 4.02. The van der Waals surface area contributed by atoms with Gasteiger partial charge in [-0.25, -0.2) is 0 Å². The molecule has 0 aliphatic carbocycles. The predicted octanol–water partition coefficient (Wildman–Crippen LogP) is 2.04. The van der Waals surface area contributed by atoms with E-state index in [-0.39, 0.29) is 5.91 Å². The van der Waals surface area contributed by atoms with E-state index in [1.807, 2.05) is 12.1 Å². The van der Waals surface area contributed by atoms with Crippen molar-refractivity contribution in [2.24, 2.45) is 0 Å². The third-order valence-electron chi connectivity index (χ3n) is 3.19. The summed E-state index contributed by atoms with van der Waals surface area (Å²) < 4.78 is 1.50. The van der Waals surface area contributed by atoms with Crippen LogP contribution < -0.4 is 5.32 Å². The first-order valence-corrected chi connectivity index (χ1v) is 7.48. The number of tetrazole rings is 1. The summed E-state index contributed by atoms with van der Waals surface area (Å²) in [5.74, 6) is -0.221. The Balaban J connectivity index is 1.72. The minimum absolute atomic E-state index is 0.221. The lowest BCUT2D eigenvalue weighted by Gasteiger charge is -2.05. The standard InChI is InChI=1S/C16H13ClN6O/c17-14-4-5-15(23-11-20-21-22-23)13(8-14)3-6-16(24)19-10-12-2-1-7-18-9-12/h1-9,11H,10H2,(H,19,24)/b6-3+. The van der Waals surface area contributed by atoms with Crippen LogP contribution in [0.2, 0.25) is 5.02 Å². The average molecular weight is 341 g/mol. The van der Waals surface area contributed by atoms with Gasteiger partial charge in [-0.1, -0.05) is 17.7 Å². The number of aromatic nitrogens is 5. The zero-order valence-corrected chi connectivity index (χ0v) is 13.3. The van der Waals surface area contributed by atoms with Crippen molar-refractivity contribution in [3.8, 4) is 5.69 Å². The Bertz CT molecular complexity index is 848. The van der Waals surface area contributed by atoms with Crippen LogP contribution in [0.15, 0.2) is 55.1 Å². The van der Waals surface area contributed by atoms with Gasteiger partial charge in [-0.15, -0.1) is 5.10 Å². The van der Waals surface area contributed by atoms with E-state index in [2.05, 4.69) is 25.8 Å². The molecule has 0 spiro atoms. The number of nitrogens with one attached hydrogen (secondary N) is 1. The minimum Gasteiger partial charge on any atom is -0.348 e. The molecule has 1 aromatic carbocycles. The van der Waals surface area contributed by atoms with Crippen molar-refractivity contribution in [1.82, 2.24) is 30.5 Å². The summed E-state index contributed by atoms with van der Waals surface area (Å²) in [4.78, 5) is 16.0. The summed E-state index contributed by atoms with van der Waals surface area (Å²) >= 11 is 6.03. The van der Waals surface area contributed by atoms with Gasteiger partial charge >= 0.3 is 0 Å². The monoisotopic (exact) mass is 340 g/mol. The lowest BCUT2D eigenvalue weighted by atomic mass is 10.1. The van der Waals surface area contributed by atoms with Crippen LogP contribution >= 0.6 is 11.6 Å². The highest BCUT2D eigenvalue weighted by Crippen LogP contribution is 2.20. The summed E-state index contributed by atoms with van der Waals surface area (Å²) in [5, 5.41) is 14.4. The van der Waals surface area contributed by atoms with Gasteiger partial charge in [0.1, 0.15) is 6.33 Å². The van der Waals surface area contributed by atoms with Gasteiger partial charge in [-0.3, -0.25) is 9.78 Å². The van der Waals surface area contributed by atoms with Crippen LogP contribution in [-0.4, -0.2) is 31.1 Å². The number of nitrogens with zero attached hydrogens (tertiary/aromatic N) is 5. The van der Waals surface area contributed by atoms with Crippen LogP contribution in [0.25, 0.3) is 11.8 Å². The molecule has 1 N–H and O–H groups in total. The molecular formula is C16H13ClN6O. The maximum atomic E-state index is 12.0. The van der Waals surface area contributed by atoms with E-state index in [0.717, 1.165) is 16.8 Å². The number of hydrogen-bond acceptors (Lipinski definition) is 5. The number of hydrogen-bond donors (Lipinski definition) is 1. The molecule has 0 radical (unpaired) electrons. The molecule has 7 nitrogen and oxygen atoms in total. The SMILES string of the molecule is O=C(/C=C/c1cc(Cl)ccc1-n1cnnn1)NCc1cccnc1. The van der Waals surface area contributed by atoms with E-state index in [1.54, 1.807) is 36.7 Å². The van der Waals surface area contributed by atoms with E-state index < -0.39 is 0 Å². The molecule has 24 heavy (non-hydrogen) atoms. The zero-order chi connectivity index (χ0) is 16.8.